The number of hydrogen-bond acceptors (Lipinski definition) is 2. The number of nitrogens with two attached hydrogens (primary N) is 1. The summed E-state index contributed by atoms with van der Waals surface area (Å²) in [6, 6.07) is 5.54. The van der Waals surface area contributed by atoms with Crippen molar-refractivity contribution in [3.63, 3.8) is 0 Å². The van der Waals surface area contributed by atoms with Gasteiger partial charge in [0.1, 0.15) is 11.4 Å². The number of nitrogen functional groups attached to an aromatic ring is 1. The number of aromatic nitrogens is 1. The average molecular weight is 420 g/mol. The highest BCUT2D eigenvalue weighted by atomic mass is 19.4. The van der Waals surface area contributed by atoms with E-state index >= 15 is 0 Å². The van der Waals surface area contributed by atoms with Gasteiger partial charge < -0.3 is 5.73 Å². The van der Waals surface area contributed by atoms with Crippen molar-refractivity contribution in [2.24, 2.45) is 0 Å². The molecule has 2 rings (SSSR count). The van der Waals surface area contributed by atoms with E-state index in [9.17, 15) is 43.9 Å². The largest absolute Gasteiger partial charge is 0.459 e. The van der Waals surface area contributed by atoms with E-state index in [2.05, 4.69) is 4.98 Å². The molecule has 12 heteroatoms. The molecular weight excluding hydrogens is 410 g/mol. The SMILES string of the molecule is Nc1ccc(Cc2cc(C(F)(F)C(F)(F)F)nc(C(F)(F)C(F)(F)F)c2)cc1. The van der Waals surface area contributed by atoms with Gasteiger partial charge >= 0.3 is 24.2 Å². The highest BCUT2D eigenvalue weighted by molar-refractivity contribution is 5.41. The van der Waals surface area contributed by atoms with Crippen LogP contribution < -0.4 is 5.73 Å². The summed E-state index contributed by atoms with van der Waals surface area (Å²) in [4.78, 5) is 2.31. The van der Waals surface area contributed by atoms with Crippen LogP contribution in [0.3, 0.4) is 0 Å². The Morgan fingerprint density at radius 3 is 1.39 bits per heavy atom. The standard InChI is InChI=1S/C16H10F10N2/c17-13(18,15(21,22)23)11-6-9(5-8-1-3-10(27)4-2-8)7-12(28-11)14(19,20)16(24,25)26/h1-4,6-7H,5,27H2. The van der Waals surface area contributed by atoms with E-state index in [1.807, 2.05) is 0 Å². The molecule has 2 N–H and O–H groups in total. The minimum Gasteiger partial charge on any atom is -0.399 e. The maximum atomic E-state index is 13.6. The number of rotatable bonds is 4. The van der Waals surface area contributed by atoms with Crippen molar-refractivity contribution in [3.8, 4) is 0 Å². The Morgan fingerprint density at radius 2 is 1.04 bits per heavy atom. The summed E-state index contributed by atoms with van der Waals surface area (Å²) in [5, 5.41) is 0. The molecule has 0 fully saturated rings. The van der Waals surface area contributed by atoms with Crippen LogP contribution in [0.1, 0.15) is 22.5 Å². The van der Waals surface area contributed by atoms with Gasteiger partial charge in [-0.15, -0.1) is 0 Å². The van der Waals surface area contributed by atoms with Crippen molar-refractivity contribution in [1.29, 1.82) is 0 Å². The minimum atomic E-state index is -6.25. The lowest BCUT2D eigenvalue weighted by Crippen LogP contribution is -2.38. The number of alkyl halides is 10. The molecule has 2 aromatic rings. The maximum Gasteiger partial charge on any atom is 0.459 e. The average Bonchev–Trinajstić information content (AvgIpc) is 2.54. The Hall–Kier alpha value is -2.53. The van der Waals surface area contributed by atoms with Gasteiger partial charge in [-0.1, -0.05) is 12.1 Å². The van der Waals surface area contributed by atoms with Crippen molar-refractivity contribution in [1.82, 2.24) is 4.98 Å². The summed E-state index contributed by atoms with van der Waals surface area (Å²) in [6.07, 6.45) is -13.0. The van der Waals surface area contributed by atoms with E-state index in [0.717, 1.165) is 0 Å². The van der Waals surface area contributed by atoms with E-state index in [1.54, 1.807) is 0 Å². The van der Waals surface area contributed by atoms with Crippen molar-refractivity contribution >= 4 is 5.69 Å². The van der Waals surface area contributed by atoms with Gasteiger partial charge in [0.25, 0.3) is 0 Å². The van der Waals surface area contributed by atoms with Gasteiger partial charge in [-0.05, 0) is 41.8 Å². The number of benzene rings is 1. The van der Waals surface area contributed by atoms with Crippen LogP contribution in [0.4, 0.5) is 49.6 Å². The van der Waals surface area contributed by atoms with Gasteiger partial charge in [-0.3, -0.25) is 0 Å². The molecule has 0 aliphatic carbocycles. The minimum absolute atomic E-state index is 0.139. The van der Waals surface area contributed by atoms with Crippen LogP contribution in [-0.4, -0.2) is 17.3 Å². The molecule has 0 spiro atoms. The Morgan fingerprint density at radius 1 is 0.643 bits per heavy atom. The van der Waals surface area contributed by atoms with E-state index in [1.165, 1.54) is 24.3 Å². The van der Waals surface area contributed by atoms with E-state index in [4.69, 9.17) is 5.73 Å². The highest BCUT2D eigenvalue weighted by Gasteiger charge is 2.63. The van der Waals surface area contributed by atoms with Gasteiger partial charge in [0, 0.05) is 5.69 Å². The first kappa shape index (κ1) is 21.8. The van der Waals surface area contributed by atoms with Crippen molar-refractivity contribution in [3.05, 3.63) is 58.9 Å². The van der Waals surface area contributed by atoms with E-state index < -0.39 is 47.6 Å². The van der Waals surface area contributed by atoms with Crippen LogP contribution >= 0.6 is 0 Å². The topological polar surface area (TPSA) is 38.9 Å². The van der Waals surface area contributed by atoms with E-state index in [-0.39, 0.29) is 23.4 Å². The molecular formula is C16H10F10N2. The van der Waals surface area contributed by atoms with Crippen molar-refractivity contribution in [2.45, 2.75) is 30.6 Å². The molecule has 1 heterocycles. The molecule has 28 heavy (non-hydrogen) atoms. The zero-order valence-corrected chi connectivity index (χ0v) is 13.5. The lowest BCUT2D eigenvalue weighted by atomic mass is 10.0. The molecule has 2 nitrogen and oxygen atoms in total. The van der Waals surface area contributed by atoms with Gasteiger partial charge in [-0.25, -0.2) is 4.98 Å². The molecule has 0 radical (unpaired) electrons. The summed E-state index contributed by atoms with van der Waals surface area (Å²) < 4.78 is 130. The first-order chi connectivity index (χ1) is 12.6. The number of pyridine rings is 1. The molecule has 0 saturated heterocycles. The Balaban J connectivity index is 2.63. The number of halogens is 10. The van der Waals surface area contributed by atoms with Gasteiger partial charge in [0.2, 0.25) is 0 Å². The van der Waals surface area contributed by atoms with Gasteiger partial charge in [0.15, 0.2) is 0 Å². The quantitative estimate of drug-likeness (QED) is 0.520. The second kappa shape index (κ2) is 6.82. The molecule has 0 saturated carbocycles. The molecule has 0 aliphatic heterocycles. The van der Waals surface area contributed by atoms with Crippen LogP contribution in [0, 0.1) is 0 Å². The van der Waals surface area contributed by atoms with Crippen LogP contribution in [0.2, 0.25) is 0 Å². The fourth-order valence-corrected chi connectivity index (χ4v) is 2.17. The fourth-order valence-electron chi connectivity index (χ4n) is 2.17. The normalized spacial score (nSPS) is 13.6. The lowest BCUT2D eigenvalue weighted by molar-refractivity contribution is -0.295. The third-order valence-corrected chi connectivity index (χ3v) is 3.63. The molecule has 0 unspecified atom stereocenters. The van der Waals surface area contributed by atoms with Crippen molar-refractivity contribution < 1.29 is 43.9 Å². The summed E-state index contributed by atoms with van der Waals surface area (Å²) >= 11 is 0. The molecule has 1 aromatic carbocycles. The predicted octanol–water partition coefficient (Wildman–Crippen LogP) is 5.56. The molecule has 0 amide bonds. The fraction of sp³-hybridized carbons (Fsp3) is 0.312. The monoisotopic (exact) mass is 420 g/mol. The summed E-state index contributed by atoms with van der Waals surface area (Å²) in [5.41, 5.74) is 0.759. The summed E-state index contributed by atoms with van der Waals surface area (Å²) in [6.45, 7) is 0. The zero-order valence-electron chi connectivity index (χ0n) is 13.5. The predicted molar refractivity (Wildman–Crippen MR) is 77.8 cm³/mol. The first-order valence-corrected chi connectivity index (χ1v) is 7.31. The second-order valence-electron chi connectivity index (χ2n) is 5.81. The third-order valence-electron chi connectivity index (χ3n) is 3.63. The van der Waals surface area contributed by atoms with E-state index in [0.29, 0.717) is 0 Å². The molecule has 154 valence electrons. The van der Waals surface area contributed by atoms with Gasteiger partial charge in [-0.2, -0.15) is 43.9 Å². The van der Waals surface area contributed by atoms with Crippen LogP contribution in [0.15, 0.2) is 36.4 Å². The molecule has 0 bridgehead atoms. The zero-order chi connectivity index (χ0) is 21.5. The summed E-state index contributed by atoms with van der Waals surface area (Å²) in [5.74, 6) is -11.5. The van der Waals surface area contributed by atoms with Crippen molar-refractivity contribution in [2.75, 3.05) is 5.73 Å². The second-order valence-corrected chi connectivity index (χ2v) is 5.81. The molecule has 0 atom stereocenters. The first-order valence-electron chi connectivity index (χ1n) is 7.31. The molecule has 0 aliphatic rings. The third kappa shape index (κ3) is 4.14. The van der Waals surface area contributed by atoms with Crippen LogP contribution in [0.25, 0.3) is 0 Å². The smallest absolute Gasteiger partial charge is 0.399 e. The number of hydrogen-bond donors (Lipinski definition) is 1. The summed E-state index contributed by atoms with van der Waals surface area (Å²) in [7, 11) is 0. The van der Waals surface area contributed by atoms with Gasteiger partial charge in [0.05, 0.1) is 0 Å². The highest BCUT2D eigenvalue weighted by Crippen LogP contribution is 2.47. The Bertz CT molecular complexity index is 794. The maximum absolute atomic E-state index is 13.6. The lowest BCUT2D eigenvalue weighted by Gasteiger charge is -2.23. The van der Waals surface area contributed by atoms with Crippen LogP contribution in [0.5, 0.6) is 0 Å². The Labute approximate surface area is 151 Å². The number of nitrogens with zero attached hydrogens (tertiary/aromatic N) is 1. The Kier molecular flexibility index (Phi) is 5.30. The van der Waals surface area contributed by atoms with Crippen LogP contribution in [-0.2, 0) is 18.3 Å². The number of anilines is 1. The molecule has 1 aromatic heterocycles.